The van der Waals surface area contributed by atoms with Crippen molar-refractivity contribution < 1.29 is 71.4 Å². The van der Waals surface area contributed by atoms with Gasteiger partial charge in [0.1, 0.15) is 18.3 Å². The number of fused-ring (bicyclic) bond motifs is 31. The van der Waals surface area contributed by atoms with E-state index < -0.39 is 16.2 Å². The Kier molecular flexibility index (Phi) is 25.7. The first-order valence-electron chi connectivity index (χ1n) is 42.4. The SMILES string of the molecule is C.C.C.C.C.C.CCC(C)(C)C(=O)OC1CC2CC1C1C3CC(CC3C(=O)OCOC3CC4CCC3C4)C21.CCC(C)(C)C(=O)OC1CC2CC1C1C3CC(CC3C(=O)OCOCC34CC5CC(CC(C5)C3)C4)C21.CCC(C)(C)C(=O)OC1CC2CC1C1C3CC(CC3C(=O)OCOCC3CC4CCC3C4)C21. The maximum absolute atomic E-state index is 13.2. The first-order chi connectivity index (χ1) is 48.5. The van der Waals surface area contributed by atoms with Crippen LogP contribution in [0.5, 0.6) is 0 Å². The molecule has 0 aromatic heterocycles. The van der Waals surface area contributed by atoms with E-state index in [1.807, 2.05) is 55.4 Å². The fraction of sp³-hybridized carbons (Fsp3) is 0.935. The van der Waals surface area contributed by atoms with Crippen LogP contribution in [-0.4, -0.2) is 93.8 Å². The van der Waals surface area contributed by atoms with Crippen LogP contribution in [0, 0.1) is 193 Å². The van der Waals surface area contributed by atoms with Crippen LogP contribution >= 0.6 is 0 Å². The van der Waals surface area contributed by atoms with Crippen LogP contribution in [0.25, 0.3) is 0 Å². The monoisotopic (exact) mass is 1500 g/mol. The zero-order valence-electron chi connectivity index (χ0n) is 63.2. The topological polar surface area (TPSA) is 185 Å². The smallest absolute Gasteiger partial charge is 0.311 e. The van der Waals surface area contributed by atoms with Crippen LogP contribution in [0.2, 0.25) is 0 Å². The number of hydrogen-bond donors (Lipinski definition) is 0. The lowest BCUT2D eigenvalue weighted by atomic mass is 9.50. The summed E-state index contributed by atoms with van der Waals surface area (Å²) in [5.74, 6) is 16.9. The second-order valence-electron chi connectivity index (χ2n) is 40.9. The summed E-state index contributed by atoms with van der Waals surface area (Å²) in [6, 6.07) is 0. The quantitative estimate of drug-likeness (QED) is 0.0309. The molecule has 30 atom stereocenters. The van der Waals surface area contributed by atoms with E-state index >= 15 is 0 Å². The molecule has 0 N–H and O–H groups in total. The molecule has 610 valence electrons. The van der Waals surface area contributed by atoms with Crippen LogP contribution in [0.3, 0.4) is 0 Å². The predicted molar refractivity (Wildman–Crippen MR) is 416 cm³/mol. The van der Waals surface area contributed by atoms with Crippen LogP contribution in [0.4, 0.5) is 0 Å². The highest BCUT2D eigenvalue weighted by Crippen LogP contribution is 2.73. The number of esters is 6. The average Bonchev–Trinajstić information content (AvgIpc) is 1.55. The third kappa shape index (κ3) is 15.2. The maximum atomic E-state index is 13.2. The van der Waals surface area contributed by atoms with Gasteiger partial charge in [0.05, 0.1) is 53.3 Å². The summed E-state index contributed by atoms with van der Waals surface area (Å²) in [4.78, 5) is 77.4. The van der Waals surface area contributed by atoms with Crippen molar-refractivity contribution in [3.05, 3.63) is 0 Å². The zero-order valence-corrected chi connectivity index (χ0v) is 63.2. The van der Waals surface area contributed by atoms with Crippen molar-refractivity contribution in [2.75, 3.05) is 33.6 Å². The van der Waals surface area contributed by atoms with Crippen LogP contribution in [0.15, 0.2) is 0 Å². The Bertz CT molecular complexity index is 3080. The molecule has 15 heteroatoms. The molecular formula is C92H152O15. The van der Waals surface area contributed by atoms with Crippen LogP contribution in [0.1, 0.15) is 293 Å². The Morgan fingerprint density at radius 2 is 0.673 bits per heavy atom. The molecule has 20 rings (SSSR count). The van der Waals surface area contributed by atoms with E-state index in [0.29, 0.717) is 112 Å². The second-order valence-corrected chi connectivity index (χ2v) is 40.9. The van der Waals surface area contributed by atoms with Crippen molar-refractivity contribution in [3.63, 3.8) is 0 Å². The van der Waals surface area contributed by atoms with Gasteiger partial charge < -0.3 is 42.6 Å². The molecular weight excluding hydrogens is 1340 g/mol. The lowest BCUT2D eigenvalue weighted by Gasteiger charge is -2.56. The zero-order chi connectivity index (χ0) is 69.9. The molecule has 0 aromatic rings. The van der Waals surface area contributed by atoms with E-state index in [1.165, 1.54) is 103 Å². The highest BCUT2D eigenvalue weighted by molar-refractivity contribution is 5.78. The summed E-state index contributed by atoms with van der Waals surface area (Å²) in [6.07, 6.45) is 34.8. The van der Waals surface area contributed by atoms with Gasteiger partial charge >= 0.3 is 35.8 Å². The summed E-state index contributed by atoms with van der Waals surface area (Å²) in [5, 5.41) is 0. The van der Waals surface area contributed by atoms with Crippen molar-refractivity contribution in [2.24, 2.45) is 193 Å². The first-order valence-corrected chi connectivity index (χ1v) is 42.4. The van der Waals surface area contributed by atoms with Gasteiger partial charge in [0.25, 0.3) is 0 Å². The molecule has 0 aliphatic heterocycles. The lowest BCUT2D eigenvalue weighted by Crippen LogP contribution is -2.48. The van der Waals surface area contributed by atoms with E-state index in [0.717, 1.165) is 150 Å². The molecule has 0 radical (unpaired) electrons. The number of ether oxygens (including phenoxy) is 9. The van der Waals surface area contributed by atoms with Crippen molar-refractivity contribution in [1.29, 1.82) is 0 Å². The molecule has 20 fully saturated rings. The van der Waals surface area contributed by atoms with Gasteiger partial charge in [0.15, 0.2) is 20.4 Å². The molecule has 20 aliphatic carbocycles. The minimum atomic E-state index is -0.418. The number of carbonyl (C=O) groups is 6. The van der Waals surface area contributed by atoms with Gasteiger partial charge in [-0.2, -0.15) is 0 Å². The van der Waals surface area contributed by atoms with Crippen molar-refractivity contribution in [3.8, 4) is 0 Å². The summed E-state index contributed by atoms with van der Waals surface area (Å²) in [7, 11) is 0. The highest BCUT2D eigenvalue weighted by atomic mass is 16.7. The van der Waals surface area contributed by atoms with E-state index in [4.69, 9.17) is 42.6 Å². The summed E-state index contributed by atoms with van der Waals surface area (Å²) < 4.78 is 53.3. The van der Waals surface area contributed by atoms with Gasteiger partial charge in [0.2, 0.25) is 0 Å². The minimum absolute atomic E-state index is 0. The number of hydrogen-bond acceptors (Lipinski definition) is 15. The Balaban J connectivity index is 0.000000156. The third-order valence-electron chi connectivity index (χ3n) is 34.8. The van der Waals surface area contributed by atoms with E-state index in [-0.39, 0.29) is 137 Å². The number of carbonyl (C=O) groups excluding carboxylic acids is 6. The van der Waals surface area contributed by atoms with Gasteiger partial charge in [-0.1, -0.05) is 71.8 Å². The molecule has 0 saturated heterocycles. The number of rotatable bonds is 23. The average molecular weight is 1500 g/mol. The molecule has 0 amide bonds. The standard InChI is InChI=1S/C31H46O5.C28H42O5.C27H40O5.6CH4/c1-4-30(2,3)29(33)36-25-11-21-10-24(25)27-22-8-20(26(21)27)9-23(22)28(32)35-16-34-15-31-12-17-5-18(13-31)7-19(6-17)14-31;1-4-28(2,3)27(30)33-23-12-18-11-22(23)25-20-9-17(24(18)25)10-21(20)26(29)32-14-31-13-19-8-15-5-6-16(19)7-15;1-4-27(2,3)26(29)32-22-12-17-11-20(22)24-18-9-16(23(17)24)10-19(18)25(28)31-13-30-21-8-14-5-6-15(21)7-14;;;;;;/h17-27H,4-16H2,1-3H3;15-25H,4-14H2,1-3H3;14-24H,4-13H2,1-3H3;6*1H4. The molecule has 0 aromatic carbocycles. The lowest BCUT2D eigenvalue weighted by molar-refractivity contribution is -0.175. The fourth-order valence-corrected chi connectivity index (χ4v) is 29.8. The first kappa shape index (κ1) is 84.6. The predicted octanol–water partition coefficient (Wildman–Crippen LogP) is 20.0. The van der Waals surface area contributed by atoms with Crippen molar-refractivity contribution >= 4 is 35.8 Å². The Hall–Kier alpha value is -3.30. The minimum Gasteiger partial charge on any atom is -0.462 e. The molecule has 30 unspecified atom stereocenters. The van der Waals surface area contributed by atoms with Crippen molar-refractivity contribution in [2.45, 2.75) is 317 Å². The van der Waals surface area contributed by atoms with Gasteiger partial charge in [0, 0.05) is 0 Å². The Morgan fingerprint density at radius 3 is 1.02 bits per heavy atom. The summed E-state index contributed by atoms with van der Waals surface area (Å²) in [5.41, 5.74) is -0.886. The highest BCUT2D eigenvalue weighted by Gasteiger charge is 2.70. The van der Waals surface area contributed by atoms with Gasteiger partial charge in [-0.3, -0.25) is 28.8 Å². The van der Waals surface area contributed by atoms with Crippen molar-refractivity contribution in [1.82, 2.24) is 0 Å². The third-order valence-corrected chi connectivity index (χ3v) is 34.8. The summed E-state index contributed by atoms with van der Waals surface area (Å²) >= 11 is 0. The van der Waals surface area contributed by atoms with Crippen LogP contribution in [-0.2, 0) is 71.4 Å². The fourth-order valence-electron chi connectivity index (χ4n) is 29.8. The summed E-state index contributed by atoms with van der Waals surface area (Å²) in [6.45, 7) is 19.9. The molecule has 107 heavy (non-hydrogen) atoms. The molecule has 20 aliphatic rings. The molecule has 0 spiro atoms. The molecule has 0 heterocycles. The molecule has 20 bridgehead atoms. The van der Waals surface area contributed by atoms with Crippen LogP contribution < -0.4 is 0 Å². The maximum Gasteiger partial charge on any atom is 0.311 e. The van der Waals surface area contributed by atoms with Gasteiger partial charge in [-0.25, -0.2) is 0 Å². The van der Waals surface area contributed by atoms with E-state index in [9.17, 15) is 28.8 Å². The second kappa shape index (κ2) is 32.5. The normalized spacial score (nSPS) is 45.3. The molecule has 15 nitrogen and oxygen atoms in total. The van der Waals surface area contributed by atoms with Gasteiger partial charge in [-0.15, -0.1) is 0 Å². The molecule has 20 saturated carbocycles. The van der Waals surface area contributed by atoms with Gasteiger partial charge in [-0.05, 0) is 381 Å². The Morgan fingerprint density at radius 1 is 0.327 bits per heavy atom. The van der Waals surface area contributed by atoms with E-state index in [1.54, 1.807) is 0 Å². The largest absolute Gasteiger partial charge is 0.462 e. The van der Waals surface area contributed by atoms with E-state index in [2.05, 4.69) is 6.92 Å². The Labute approximate surface area is 648 Å².